The number of pyridine rings is 1. The van der Waals surface area contributed by atoms with Crippen LogP contribution in [0.5, 0.6) is 0 Å². The summed E-state index contributed by atoms with van der Waals surface area (Å²) in [5, 5.41) is 7.29. The third-order valence-corrected chi connectivity index (χ3v) is 7.08. The molecule has 1 aliphatic carbocycles. The van der Waals surface area contributed by atoms with Crippen LogP contribution in [0.25, 0.3) is 16.8 Å². The summed E-state index contributed by atoms with van der Waals surface area (Å²) in [6.07, 6.45) is -8.04. The predicted octanol–water partition coefficient (Wildman–Crippen LogP) is 6.49. The number of benzene rings is 1. The highest BCUT2D eigenvalue weighted by molar-refractivity contribution is 5.78. The molecule has 3 aromatic rings. The summed E-state index contributed by atoms with van der Waals surface area (Å²) in [4.78, 5) is 18.6. The van der Waals surface area contributed by atoms with Crippen molar-refractivity contribution in [3.63, 3.8) is 0 Å². The number of likely N-dealkylation sites (tertiary alicyclic amines) is 1. The number of nitrogens with zero attached hydrogens (tertiary/aromatic N) is 4. The van der Waals surface area contributed by atoms with Crippen LogP contribution in [0.4, 0.5) is 37.1 Å². The number of piperidine rings is 1. The molecule has 2 aliphatic rings. The first-order chi connectivity index (χ1) is 18.1. The van der Waals surface area contributed by atoms with E-state index in [1.54, 1.807) is 25.7 Å². The fraction of sp³-hybridized carbons (Fsp3) is 0.500. The first kappa shape index (κ1) is 27.1. The minimum Gasteiger partial charge on any atom is -0.444 e. The topological polar surface area (TPSA) is 71.8 Å². The van der Waals surface area contributed by atoms with Crippen LogP contribution < -0.4 is 5.32 Å². The summed E-state index contributed by atoms with van der Waals surface area (Å²) in [5.41, 5.74) is -2.22. The van der Waals surface area contributed by atoms with Crippen molar-refractivity contribution in [2.24, 2.45) is 11.8 Å². The Bertz CT molecular complexity index is 1360. The van der Waals surface area contributed by atoms with Crippen LogP contribution >= 0.6 is 0 Å². The number of amides is 1. The van der Waals surface area contributed by atoms with Crippen molar-refractivity contribution in [2.45, 2.75) is 57.6 Å². The molecule has 39 heavy (non-hydrogen) atoms. The van der Waals surface area contributed by atoms with E-state index in [1.165, 1.54) is 18.2 Å². The Balaban J connectivity index is 1.44. The van der Waals surface area contributed by atoms with Crippen molar-refractivity contribution < 1.29 is 35.9 Å². The van der Waals surface area contributed by atoms with Gasteiger partial charge in [-0.3, -0.25) is 0 Å². The zero-order chi connectivity index (χ0) is 28.3. The van der Waals surface area contributed by atoms with Gasteiger partial charge in [0.05, 0.1) is 5.56 Å². The monoisotopic (exact) mass is 555 g/mol. The first-order valence-corrected chi connectivity index (χ1v) is 12.5. The quantitative estimate of drug-likeness (QED) is 0.374. The van der Waals surface area contributed by atoms with Gasteiger partial charge in [-0.05, 0) is 75.3 Å². The molecule has 1 saturated carbocycles. The second-order valence-corrected chi connectivity index (χ2v) is 11.0. The molecule has 3 heterocycles. The van der Waals surface area contributed by atoms with Crippen molar-refractivity contribution in [3.8, 4) is 11.1 Å². The smallest absolute Gasteiger partial charge is 0.433 e. The van der Waals surface area contributed by atoms with Gasteiger partial charge in [0.1, 0.15) is 11.3 Å². The maximum atomic E-state index is 13.8. The number of anilines is 1. The Morgan fingerprint density at radius 2 is 1.54 bits per heavy atom. The van der Waals surface area contributed by atoms with E-state index >= 15 is 0 Å². The minimum absolute atomic E-state index is 0.0209. The molecule has 0 radical (unpaired) electrons. The number of fused-ring (bicyclic) bond motifs is 3. The van der Waals surface area contributed by atoms with Gasteiger partial charge in [0.2, 0.25) is 5.95 Å². The summed E-state index contributed by atoms with van der Waals surface area (Å²) >= 11 is 0. The van der Waals surface area contributed by atoms with Gasteiger partial charge in [-0.15, -0.1) is 5.10 Å². The number of carbonyl (C=O) groups excluding carboxylic acids is 1. The van der Waals surface area contributed by atoms with Gasteiger partial charge in [-0.2, -0.15) is 31.3 Å². The SMILES string of the molecule is CC(C)(C)OC(=O)N1C[C@H]2CC[C@@H](C1)[C@@H]2Nc1nc2c(-c3ccc(C(F)(F)F)cc3)ccc(C(F)(F)F)n2n1. The molecule has 0 unspecified atom stereocenters. The molecule has 3 atom stereocenters. The van der Waals surface area contributed by atoms with Gasteiger partial charge in [-0.1, -0.05) is 12.1 Å². The highest BCUT2D eigenvalue weighted by Crippen LogP contribution is 2.40. The molecule has 13 heteroatoms. The molecule has 2 bridgehead atoms. The van der Waals surface area contributed by atoms with E-state index in [-0.39, 0.29) is 40.6 Å². The van der Waals surface area contributed by atoms with Crippen LogP contribution in [-0.4, -0.2) is 50.3 Å². The van der Waals surface area contributed by atoms with Crippen LogP contribution in [0.1, 0.15) is 44.9 Å². The Kier molecular flexibility index (Phi) is 6.46. The van der Waals surface area contributed by atoms with Crippen LogP contribution in [0.3, 0.4) is 0 Å². The summed E-state index contributed by atoms with van der Waals surface area (Å²) in [6, 6.07) is 5.98. The molecule has 5 rings (SSSR count). The second kappa shape index (κ2) is 9.30. The number of alkyl halides is 6. The number of halogens is 6. The normalized spacial score (nSPS) is 21.9. The molecule has 0 spiro atoms. The molecule has 1 aliphatic heterocycles. The largest absolute Gasteiger partial charge is 0.444 e. The van der Waals surface area contributed by atoms with Gasteiger partial charge >= 0.3 is 18.4 Å². The minimum atomic E-state index is -4.74. The van der Waals surface area contributed by atoms with Crippen LogP contribution in [-0.2, 0) is 17.1 Å². The highest BCUT2D eigenvalue weighted by Gasteiger charge is 2.45. The Hall–Kier alpha value is -3.51. The molecule has 1 N–H and O–H groups in total. The fourth-order valence-corrected chi connectivity index (χ4v) is 5.38. The lowest BCUT2D eigenvalue weighted by Gasteiger charge is -2.38. The maximum Gasteiger partial charge on any atom is 0.433 e. The van der Waals surface area contributed by atoms with Gasteiger partial charge in [0.25, 0.3) is 0 Å². The van der Waals surface area contributed by atoms with Crippen LogP contribution in [0.2, 0.25) is 0 Å². The van der Waals surface area contributed by atoms with E-state index in [1.807, 2.05) is 0 Å². The summed E-state index contributed by atoms with van der Waals surface area (Å²) in [5.74, 6) is 0.0335. The van der Waals surface area contributed by atoms with Crippen molar-refractivity contribution >= 4 is 17.7 Å². The molecule has 210 valence electrons. The van der Waals surface area contributed by atoms with E-state index in [0.717, 1.165) is 31.0 Å². The molecule has 1 amide bonds. The Morgan fingerprint density at radius 1 is 0.923 bits per heavy atom. The first-order valence-electron chi connectivity index (χ1n) is 12.5. The average Bonchev–Trinajstić information content (AvgIpc) is 3.32. The van der Waals surface area contributed by atoms with Gasteiger partial charge in [0.15, 0.2) is 5.65 Å². The lowest BCUT2D eigenvalue weighted by Crippen LogP contribution is -2.51. The zero-order valence-electron chi connectivity index (χ0n) is 21.4. The number of hydrogen-bond donors (Lipinski definition) is 1. The van der Waals surface area contributed by atoms with Crippen molar-refractivity contribution in [1.29, 1.82) is 0 Å². The zero-order valence-corrected chi connectivity index (χ0v) is 21.4. The molecule has 2 fully saturated rings. The second-order valence-electron chi connectivity index (χ2n) is 11.0. The molecular formula is C26H27F6N5O2. The van der Waals surface area contributed by atoms with Gasteiger partial charge in [-0.25, -0.2) is 9.31 Å². The van der Waals surface area contributed by atoms with E-state index in [2.05, 4.69) is 15.4 Å². The van der Waals surface area contributed by atoms with Crippen molar-refractivity contribution in [3.05, 3.63) is 47.7 Å². The lowest BCUT2D eigenvalue weighted by atomic mass is 9.92. The number of nitrogens with one attached hydrogen (secondary N) is 1. The number of hydrogen-bond acceptors (Lipinski definition) is 5. The third kappa shape index (κ3) is 5.48. The van der Waals surface area contributed by atoms with Gasteiger partial charge < -0.3 is 15.0 Å². The van der Waals surface area contributed by atoms with E-state index < -0.39 is 35.3 Å². The van der Waals surface area contributed by atoms with E-state index in [4.69, 9.17) is 4.74 Å². The number of aromatic nitrogens is 3. The predicted molar refractivity (Wildman–Crippen MR) is 130 cm³/mol. The third-order valence-electron chi connectivity index (χ3n) is 7.08. The van der Waals surface area contributed by atoms with Gasteiger partial charge in [0, 0.05) is 24.7 Å². The molecule has 1 saturated heterocycles. The van der Waals surface area contributed by atoms with Crippen LogP contribution in [0.15, 0.2) is 36.4 Å². The summed E-state index contributed by atoms with van der Waals surface area (Å²) in [6.45, 7) is 6.23. The van der Waals surface area contributed by atoms with Crippen molar-refractivity contribution in [2.75, 3.05) is 18.4 Å². The number of ether oxygens (including phenoxy) is 1. The fourth-order valence-electron chi connectivity index (χ4n) is 5.38. The lowest BCUT2D eigenvalue weighted by molar-refractivity contribution is -0.142. The summed E-state index contributed by atoms with van der Waals surface area (Å²) in [7, 11) is 0. The molecule has 7 nitrogen and oxygen atoms in total. The van der Waals surface area contributed by atoms with E-state index in [0.29, 0.717) is 17.6 Å². The van der Waals surface area contributed by atoms with E-state index in [9.17, 15) is 31.1 Å². The van der Waals surface area contributed by atoms with Crippen molar-refractivity contribution in [1.82, 2.24) is 19.5 Å². The average molecular weight is 556 g/mol. The standard InChI is InChI=1S/C26H27F6N5O2/c1-24(2,3)39-23(38)36-12-15-4-5-16(13-36)20(15)33-22-34-21-18(10-11-19(26(30,31)32)37(21)35-22)14-6-8-17(9-7-14)25(27,28)29/h6-11,15-16,20H,4-5,12-13H2,1-3H3,(H,33,35)/t15-,16+,20-. The Labute approximate surface area is 220 Å². The molecule has 2 aromatic heterocycles. The molecular weight excluding hydrogens is 528 g/mol. The number of rotatable bonds is 3. The maximum absolute atomic E-state index is 13.8. The van der Waals surface area contributed by atoms with Crippen LogP contribution in [0, 0.1) is 11.8 Å². The Morgan fingerprint density at radius 3 is 2.08 bits per heavy atom. The number of carbonyl (C=O) groups is 1. The summed E-state index contributed by atoms with van der Waals surface area (Å²) < 4.78 is 86.6. The highest BCUT2D eigenvalue weighted by atomic mass is 19.4. The molecule has 1 aromatic carbocycles.